The number of nitro benzene ring substituents is 1. The number of ether oxygens (including phenoxy) is 1. The molecule has 0 amide bonds. The van der Waals surface area contributed by atoms with Gasteiger partial charge in [0.25, 0.3) is 11.6 Å². The van der Waals surface area contributed by atoms with Crippen molar-refractivity contribution in [2.24, 2.45) is 0 Å². The largest absolute Gasteiger partial charge is 1.00 e. The van der Waals surface area contributed by atoms with Gasteiger partial charge in [-0.25, -0.2) is 4.63 Å². The molecule has 0 saturated carbocycles. The zero-order chi connectivity index (χ0) is 17.8. The lowest BCUT2D eigenvalue weighted by Gasteiger charge is -2.35. The Labute approximate surface area is 161 Å². The van der Waals surface area contributed by atoms with Gasteiger partial charge in [-0.2, -0.15) is 0 Å². The van der Waals surface area contributed by atoms with Crippen molar-refractivity contribution in [3.8, 4) is 5.88 Å². The quantitative estimate of drug-likeness (QED) is 0.454. The molecule has 0 unspecified atom stereocenters. The van der Waals surface area contributed by atoms with Gasteiger partial charge < -0.3 is 22.0 Å². The fourth-order valence-corrected chi connectivity index (χ4v) is 2.91. The van der Waals surface area contributed by atoms with E-state index in [0.717, 1.165) is 19.6 Å². The minimum absolute atomic E-state index is 0. The molecule has 0 bridgehead atoms. The summed E-state index contributed by atoms with van der Waals surface area (Å²) < 4.78 is 10.1. The minimum atomic E-state index is -0.393. The highest BCUT2D eigenvalue weighted by Gasteiger charge is 2.24. The molecule has 11 heteroatoms. The zero-order valence-electron chi connectivity index (χ0n) is 14.1. The zero-order valence-corrected chi connectivity index (χ0v) is 15.6. The summed E-state index contributed by atoms with van der Waals surface area (Å²) in [5.74, 6) is 0.412. The maximum absolute atomic E-state index is 11.2. The monoisotopic (exact) mass is 402 g/mol. The van der Waals surface area contributed by atoms with Crippen LogP contribution in [0.25, 0.3) is 0 Å². The summed E-state index contributed by atoms with van der Waals surface area (Å²) in [4.78, 5) is 15.1. The third kappa shape index (κ3) is 4.75. The maximum Gasteiger partial charge on any atom is 0.294 e. The molecule has 0 aliphatic carbocycles. The molecule has 0 radical (unpaired) electrons. The van der Waals surface area contributed by atoms with Crippen molar-refractivity contribution < 1.29 is 26.7 Å². The first kappa shape index (κ1) is 20.2. The van der Waals surface area contributed by atoms with Crippen LogP contribution in [0.15, 0.2) is 22.8 Å². The number of rotatable bonds is 6. The van der Waals surface area contributed by atoms with E-state index < -0.39 is 4.92 Å². The van der Waals surface area contributed by atoms with Gasteiger partial charge in [-0.15, -0.1) is 0 Å². The van der Waals surface area contributed by atoms with Crippen LogP contribution < -0.4 is 22.0 Å². The first-order valence-electron chi connectivity index (χ1n) is 7.88. The Hall–Kier alpha value is -2.10. The molecule has 0 N–H and O–H groups in total. The number of nitro groups is 1. The third-order valence-electron chi connectivity index (χ3n) is 4.10. The lowest BCUT2D eigenvalue weighted by Crippen LogP contribution is -3.00. The molecule has 2 heterocycles. The Morgan fingerprint density at radius 2 is 2.04 bits per heavy atom. The number of aryl methyl sites for hydroxylation is 1. The van der Waals surface area contributed by atoms with E-state index >= 15 is 0 Å². The predicted octanol–water partition coefficient (Wildman–Crippen LogP) is -0.855. The van der Waals surface area contributed by atoms with E-state index in [0.29, 0.717) is 42.0 Å². The third-order valence-corrected chi connectivity index (χ3v) is 4.34. The highest BCUT2D eigenvalue weighted by atomic mass is 35.5. The molecule has 142 valence electrons. The summed E-state index contributed by atoms with van der Waals surface area (Å²) in [5, 5.41) is 18.9. The number of aromatic nitrogens is 2. The fourth-order valence-electron chi connectivity index (χ4n) is 2.75. The molecular formula is C15H18Cl2N5O4-. The van der Waals surface area contributed by atoms with Crippen molar-refractivity contribution in [3.63, 3.8) is 0 Å². The summed E-state index contributed by atoms with van der Waals surface area (Å²) in [6.45, 7) is 5.97. The summed E-state index contributed by atoms with van der Waals surface area (Å²) in [7, 11) is 0. The van der Waals surface area contributed by atoms with Gasteiger partial charge in [-0.05, 0) is 24.2 Å². The summed E-state index contributed by atoms with van der Waals surface area (Å²) in [5.41, 5.74) is 1.27. The number of hydrogen-bond donors (Lipinski definition) is 0. The highest BCUT2D eigenvalue weighted by Crippen LogP contribution is 2.31. The molecule has 26 heavy (non-hydrogen) atoms. The topological polar surface area (TPSA) is 97.8 Å². The van der Waals surface area contributed by atoms with Gasteiger partial charge in [0, 0.05) is 43.8 Å². The molecule has 1 aromatic carbocycles. The normalized spacial score (nSPS) is 14.8. The summed E-state index contributed by atoms with van der Waals surface area (Å²) >= 11 is 5.87. The van der Waals surface area contributed by atoms with Crippen LogP contribution in [0, 0.1) is 17.0 Å². The first-order chi connectivity index (χ1) is 12.0. The molecule has 2 aromatic rings. The Kier molecular flexibility index (Phi) is 7.01. The Bertz CT molecular complexity index is 749. The Morgan fingerprint density at radius 3 is 2.65 bits per heavy atom. The number of nitrogens with zero attached hydrogens (tertiary/aromatic N) is 5. The molecule has 1 aliphatic rings. The van der Waals surface area contributed by atoms with E-state index in [2.05, 4.69) is 19.8 Å². The minimum Gasteiger partial charge on any atom is -1.00 e. The van der Waals surface area contributed by atoms with Gasteiger partial charge in [-0.3, -0.25) is 15.0 Å². The van der Waals surface area contributed by atoms with Gasteiger partial charge in [0.15, 0.2) is 0 Å². The molecule has 0 spiro atoms. The van der Waals surface area contributed by atoms with E-state index in [4.69, 9.17) is 16.3 Å². The second-order valence-electron chi connectivity index (χ2n) is 5.72. The molecule has 1 aromatic heterocycles. The van der Waals surface area contributed by atoms with E-state index in [1.54, 1.807) is 19.1 Å². The smallest absolute Gasteiger partial charge is 0.294 e. The standard InChI is InChI=1S/C15H18ClN5O4.ClH/c1-11-15(18-25-17-11)24-9-8-19-4-6-20(7-5-19)13-3-2-12(16)10-14(13)21(22)23;/h2-3,10H,4-9H2,1H3;1H/p-1. The predicted molar refractivity (Wildman–Crippen MR) is 91.3 cm³/mol. The van der Waals surface area contributed by atoms with Crippen molar-refractivity contribution in [1.82, 2.24) is 15.2 Å². The Morgan fingerprint density at radius 1 is 1.31 bits per heavy atom. The number of hydrogen-bond acceptors (Lipinski definition) is 8. The highest BCUT2D eigenvalue weighted by molar-refractivity contribution is 6.30. The van der Waals surface area contributed by atoms with Gasteiger partial charge in [-0.1, -0.05) is 16.8 Å². The Balaban J connectivity index is 0.00000243. The van der Waals surface area contributed by atoms with Crippen molar-refractivity contribution in [2.45, 2.75) is 6.92 Å². The van der Waals surface area contributed by atoms with Gasteiger partial charge in [0.1, 0.15) is 18.0 Å². The van der Waals surface area contributed by atoms with Crippen molar-refractivity contribution in [3.05, 3.63) is 39.0 Å². The van der Waals surface area contributed by atoms with E-state index in [9.17, 15) is 10.1 Å². The van der Waals surface area contributed by atoms with Crippen LogP contribution in [0.3, 0.4) is 0 Å². The van der Waals surface area contributed by atoms with Crippen LogP contribution in [-0.2, 0) is 0 Å². The molecule has 1 saturated heterocycles. The first-order valence-corrected chi connectivity index (χ1v) is 8.25. The summed E-state index contributed by atoms with van der Waals surface area (Å²) in [6, 6.07) is 4.78. The molecular weight excluding hydrogens is 385 g/mol. The van der Waals surface area contributed by atoms with Crippen molar-refractivity contribution >= 4 is 23.0 Å². The molecule has 3 rings (SSSR count). The van der Waals surface area contributed by atoms with Crippen molar-refractivity contribution in [2.75, 3.05) is 44.2 Å². The van der Waals surface area contributed by atoms with Crippen LogP contribution in [-0.4, -0.2) is 59.5 Å². The lowest BCUT2D eigenvalue weighted by molar-refractivity contribution is -0.384. The van der Waals surface area contributed by atoms with E-state index in [1.807, 2.05) is 4.90 Å². The van der Waals surface area contributed by atoms with E-state index in [1.165, 1.54) is 6.07 Å². The van der Waals surface area contributed by atoms with Gasteiger partial charge in [0.2, 0.25) is 0 Å². The molecule has 9 nitrogen and oxygen atoms in total. The number of piperazine rings is 1. The van der Waals surface area contributed by atoms with Crippen LogP contribution in [0.1, 0.15) is 5.69 Å². The average molecular weight is 403 g/mol. The maximum atomic E-state index is 11.2. The number of benzene rings is 1. The second kappa shape index (κ2) is 9.02. The van der Waals surface area contributed by atoms with Crippen molar-refractivity contribution in [1.29, 1.82) is 0 Å². The summed E-state index contributed by atoms with van der Waals surface area (Å²) in [6.07, 6.45) is 0. The molecule has 0 atom stereocenters. The van der Waals surface area contributed by atoms with Crippen LogP contribution in [0.2, 0.25) is 5.02 Å². The van der Waals surface area contributed by atoms with Crippen LogP contribution in [0.4, 0.5) is 11.4 Å². The van der Waals surface area contributed by atoms with Gasteiger partial charge >= 0.3 is 0 Å². The van der Waals surface area contributed by atoms with Gasteiger partial charge in [0.05, 0.1) is 4.92 Å². The average Bonchev–Trinajstić information content (AvgIpc) is 3.01. The number of halogens is 2. The molecule has 1 aliphatic heterocycles. The van der Waals surface area contributed by atoms with Crippen LogP contribution >= 0.6 is 11.6 Å². The van der Waals surface area contributed by atoms with E-state index in [-0.39, 0.29) is 18.1 Å². The molecule has 1 fully saturated rings. The lowest BCUT2D eigenvalue weighted by atomic mass is 10.2. The fraction of sp³-hybridized carbons (Fsp3) is 0.467. The second-order valence-corrected chi connectivity index (χ2v) is 6.16. The van der Waals surface area contributed by atoms with Crippen LogP contribution in [0.5, 0.6) is 5.88 Å². The number of anilines is 1. The SMILES string of the molecule is Cc1nonc1OCCN1CCN(c2ccc(Cl)cc2[N+](=O)[O-])CC1.[Cl-].